The summed E-state index contributed by atoms with van der Waals surface area (Å²) in [6.45, 7) is 5.15. The lowest BCUT2D eigenvalue weighted by atomic mass is 9.93. The van der Waals surface area contributed by atoms with Gasteiger partial charge in [-0.1, -0.05) is 6.07 Å². The van der Waals surface area contributed by atoms with Crippen LogP contribution in [-0.4, -0.2) is 79.9 Å². The van der Waals surface area contributed by atoms with Gasteiger partial charge in [0.1, 0.15) is 9.84 Å². The van der Waals surface area contributed by atoms with Crippen LogP contribution in [0.5, 0.6) is 0 Å². The second-order valence-electron chi connectivity index (χ2n) is 8.12. The number of rotatable bonds is 7. The third kappa shape index (κ3) is 6.53. The minimum Gasteiger partial charge on any atom is -0.355 e. The van der Waals surface area contributed by atoms with Gasteiger partial charge in [-0.25, -0.2) is 8.42 Å². The van der Waals surface area contributed by atoms with Crippen molar-refractivity contribution in [3.05, 3.63) is 30.1 Å². The van der Waals surface area contributed by atoms with E-state index in [1.807, 2.05) is 12.3 Å². The number of nitrogens with zero attached hydrogens (tertiary/aromatic N) is 3. The topological polar surface area (TPSA) is 82.6 Å². The van der Waals surface area contributed by atoms with Crippen molar-refractivity contribution in [1.82, 2.24) is 20.1 Å². The maximum Gasteiger partial charge on any atom is 0.224 e. The molecule has 0 spiro atoms. The fourth-order valence-corrected chi connectivity index (χ4v) is 4.72. The normalized spacial score (nSPS) is 22.8. The third-order valence-corrected chi connectivity index (χ3v) is 6.74. The first-order valence-electron chi connectivity index (χ1n) is 10.2. The summed E-state index contributed by atoms with van der Waals surface area (Å²) in [5.41, 5.74) is 1.25. The summed E-state index contributed by atoms with van der Waals surface area (Å²) < 4.78 is 22.4. The van der Waals surface area contributed by atoms with E-state index in [1.54, 1.807) is 6.20 Å². The van der Waals surface area contributed by atoms with Gasteiger partial charge in [0.05, 0.1) is 11.7 Å². The van der Waals surface area contributed by atoms with Gasteiger partial charge in [-0.2, -0.15) is 0 Å². The van der Waals surface area contributed by atoms with E-state index in [2.05, 4.69) is 26.2 Å². The molecular formula is C20H32N4O3S. The van der Waals surface area contributed by atoms with Gasteiger partial charge in [-0.15, -0.1) is 0 Å². The summed E-state index contributed by atoms with van der Waals surface area (Å²) in [5, 5.41) is 2.81. The number of pyridine rings is 1. The highest BCUT2D eigenvalue weighted by Gasteiger charge is 2.31. The van der Waals surface area contributed by atoms with Gasteiger partial charge in [-0.05, 0) is 56.9 Å². The molecule has 0 bridgehead atoms. The molecule has 156 valence electrons. The van der Waals surface area contributed by atoms with Gasteiger partial charge in [0.15, 0.2) is 0 Å². The predicted molar refractivity (Wildman–Crippen MR) is 110 cm³/mol. The number of nitrogens with one attached hydrogen (secondary N) is 1. The van der Waals surface area contributed by atoms with Gasteiger partial charge < -0.3 is 5.32 Å². The molecule has 1 aromatic heterocycles. The molecule has 2 fully saturated rings. The molecule has 1 atom stereocenters. The van der Waals surface area contributed by atoms with Gasteiger partial charge >= 0.3 is 0 Å². The Morgan fingerprint density at radius 3 is 2.71 bits per heavy atom. The molecule has 7 nitrogen and oxygen atoms in total. The minimum absolute atomic E-state index is 0.00219. The van der Waals surface area contributed by atoms with Crippen LogP contribution in [0.25, 0.3) is 0 Å². The Bertz CT molecular complexity index is 733. The molecular weight excluding hydrogens is 376 g/mol. The summed E-state index contributed by atoms with van der Waals surface area (Å²) in [6, 6.07) is 4.64. The molecule has 0 unspecified atom stereocenters. The van der Waals surface area contributed by atoms with Crippen molar-refractivity contribution in [2.75, 3.05) is 44.7 Å². The molecule has 2 aliphatic heterocycles. The van der Waals surface area contributed by atoms with Gasteiger partial charge in [0.2, 0.25) is 5.91 Å². The minimum atomic E-state index is -3.04. The fraction of sp³-hybridized carbons (Fsp3) is 0.700. The van der Waals surface area contributed by atoms with Crippen LogP contribution in [0.2, 0.25) is 0 Å². The smallest absolute Gasteiger partial charge is 0.224 e. The van der Waals surface area contributed by atoms with E-state index in [4.69, 9.17) is 0 Å². The van der Waals surface area contributed by atoms with E-state index in [9.17, 15) is 13.2 Å². The quantitative estimate of drug-likeness (QED) is 0.722. The van der Waals surface area contributed by atoms with Crippen molar-refractivity contribution in [2.45, 2.75) is 38.3 Å². The SMILES string of the molecule is CS(=O)(=O)CCNC(=O)[C@@H]1CCCN(C2CCN(Cc3cccnc3)CC2)C1. The average molecular weight is 409 g/mol. The molecule has 0 aliphatic carbocycles. The van der Waals surface area contributed by atoms with Crippen LogP contribution < -0.4 is 5.32 Å². The largest absolute Gasteiger partial charge is 0.355 e. The number of hydrogen-bond acceptors (Lipinski definition) is 6. The van der Waals surface area contributed by atoms with E-state index >= 15 is 0 Å². The van der Waals surface area contributed by atoms with Crippen molar-refractivity contribution < 1.29 is 13.2 Å². The summed E-state index contributed by atoms with van der Waals surface area (Å²) in [6.07, 6.45) is 9.11. The number of sulfone groups is 1. The maximum atomic E-state index is 12.4. The molecule has 0 saturated carbocycles. The zero-order valence-electron chi connectivity index (χ0n) is 16.7. The van der Waals surface area contributed by atoms with Gasteiger partial charge in [0, 0.05) is 44.3 Å². The van der Waals surface area contributed by atoms with E-state index in [0.29, 0.717) is 6.04 Å². The van der Waals surface area contributed by atoms with Crippen LogP contribution in [0.1, 0.15) is 31.2 Å². The lowest BCUT2D eigenvalue weighted by molar-refractivity contribution is -0.127. The van der Waals surface area contributed by atoms with Gasteiger partial charge in [-0.3, -0.25) is 19.6 Å². The van der Waals surface area contributed by atoms with E-state index in [0.717, 1.165) is 58.4 Å². The van der Waals surface area contributed by atoms with E-state index in [1.165, 1.54) is 11.8 Å². The standard InChI is InChI=1S/C20H32N4O3S/c1-28(26,27)13-9-22-20(25)18-5-3-10-24(16-18)19-6-11-23(12-7-19)15-17-4-2-8-21-14-17/h2,4,8,14,18-19H,3,5-7,9-13,15-16H2,1H3,(H,22,25)/t18-/m1/s1. The average Bonchev–Trinajstić information content (AvgIpc) is 2.68. The molecule has 3 rings (SSSR count). The molecule has 2 saturated heterocycles. The molecule has 0 radical (unpaired) electrons. The first kappa shape index (κ1) is 21.2. The van der Waals surface area contributed by atoms with Crippen LogP contribution in [-0.2, 0) is 21.2 Å². The first-order valence-corrected chi connectivity index (χ1v) is 12.3. The Morgan fingerprint density at radius 2 is 2.04 bits per heavy atom. The molecule has 0 aromatic carbocycles. The molecule has 8 heteroatoms. The third-order valence-electron chi connectivity index (χ3n) is 5.80. The summed E-state index contributed by atoms with van der Waals surface area (Å²) >= 11 is 0. The summed E-state index contributed by atoms with van der Waals surface area (Å²) in [7, 11) is -3.04. The van der Waals surface area contributed by atoms with Crippen molar-refractivity contribution in [3.63, 3.8) is 0 Å². The Morgan fingerprint density at radius 1 is 1.25 bits per heavy atom. The number of carbonyl (C=O) groups is 1. The van der Waals surface area contributed by atoms with Crippen LogP contribution in [0.15, 0.2) is 24.5 Å². The van der Waals surface area contributed by atoms with Crippen molar-refractivity contribution >= 4 is 15.7 Å². The summed E-state index contributed by atoms with van der Waals surface area (Å²) in [4.78, 5) is 21.6. The lowest BCUT2D eigenvalue weighted by Gasteiger charge is -2.42. The second kappa shape index (κ2) is 9.80. The zero-order valence-corrected chi connectivity index (χ0v) is 17.5. The highest BCUT2D eigenvalue weighted by Crippen LogP contribution is 2.24. The van der Waals surface area contributed by atoms with Crippen LogP contribution in [0, 0.1) is 5.92 Å². The van der Waals surface area contributed by atoms with E-state index in [-0.39, 0.29) is 24.1 Å². The van der Waals surface area contributed by atoms with Crippen molar-refractivity contribution in [2.24, 2.45) is 5.92 Å². The highest BCUT2D eigenvalue weighted by molar-refractivity contribution is 7.90. The van der Waals surface area contributed by atoms with Crippen molar-refractivity contribution in [1.29, 1.82) is 0 Å². The predicted octanol–water partition coefficient (Wildman–Crippen LogP) is 0.919. The second-order valence-corrected chi connectivity index (χ2v) is 10.4. The molecule has 1 N–H and O–H groups in total. The Hall–Kier alpha value is -1.51. The molecule has 1 aromatic rings. The number of hydrogen-bond donors (Lipinski definition) is 1. The Labute approximate surface area is 168 Å². The number of piperidine rings is 2. The van der Waals surface area contributed by atoms with Crippen molar-refractivity contribution in [3.8, 4) is 0 Å². The fourth-order valence-electron chi connectivity index (χ4n) is 4.25. The Balaban J connectivity index is 1.43. The molecule has 28 heavy (non-hydrogen) atoms. The number of carbonyl (C=O) groups excluding carboxylic acids is 1. The highest BCUT2D eigenvalue weighted by atomic mass is 32.2. The monoisotopic (exact) mass is 408 g/mol. The van der Waals surface area contributed by atoms with Crippen LogP contribution >= 0.6 is 0 Å². The maximum absolute atomic E-state index is 12.4. The van der Waals surface area contributed by atoms with Crippen LogP contribution in [0.3, 0.4) is 0 Å². The van der Waals surface area contributed by atoms with E-state index < -0.39 is 9.84 Å². The Kier molecular flexibility index (Phi) is 7.42. The number of likely N-dealkylation sites (tertiary alicyclic amines) is 2. The molecule has 2 aliphatic rings. The summed E-state index contributed by atoms with van der Waals surface area (Å²) in [5.74, 6) is -0.0195. The van der Waals surface area contributed by atoms with Crippen LogP contribution in [0.4, 0.5) is 0 Å². The zero-order chi connectivity index (χ0) is 20.0. The lowest BCUT2D eigenvalue weighted by Crippen LogP contribution is -2.50. The molecule has 1 amide bonds. The van der Waals surface area contributed by atoms with Gasteiger partial charge in [0.25, 0.3) is 0 Å². The molecule has 3 heterocycles. The first-order chi connectivity index (χ1) is 13.4. The number of aromatic nitrogens is 1. The number of amides is 1.